The van der Waals surface area contributed by atoms with Gasteiger partial charge in [-0.2, -0.15) is 0 Å². The molecule has 7 heteroatoms. The van der Waals surface area contributed by atoms with Crippen LogP contribution in [0.3, 0.4) is 0 Å². The van der Waals surface area contributed by atoms with Crippen LogP contribution in [0.15, 0.2) is 67.3 Å². The van der Waals surface area contributed by atoms with E-state index in [-0.39, 0.29) is 37.7 Å². The van der Waals surface area contributed by atoms with E-state index in [1.54, 1.807) is 4.90 Å². The van der Waals surface area contributed by atoms with Crippen molar-refractivity contribution in [2.45, 2.75) is 25.8 Å². The zero-order valence-corrected chi connectivity index (χ0v) is 18.3. The number of carbonyl (C=O) groups is 4. The van der Waals surface area contributed by atoms with Crippen LogP contribution in [0.25, 0.3) is 5.57 Å². The van der Waals surface area contributed by atoms with Crippen molar-refractivity contribution in [1.29, 1.82) is 0 Å². The second kappa shape index (κ2) is 9.65. The van der Waals surface area contributed by atoms with Gasteiger partial charge in [0.05, 0.1) is 6.54 Å². The highest BCUT2D eigenvalue weighted by Crippen LogP contribution is 2.32. The number of hydrogen-bond donors (Lipinski definition) is 1. The van der Waals surface area contributed by atoms with Crippen LogP contribution in [0.5, 0.6) is 0 Å². The molecule has 33 heavy (non-hydrogen) atoms. The van der Waals surface area contributed by atoms with Gasteiger partial charge in [0, 0.05) is 43.8 Å². The Morgan fingerprint density at radius 3 is 2.33 bits per heavy atom. The van der Waals surface area contributed by atoms with Crippen LogP contribution in [-0.4, -0.2) is 41.6 Å². The maximum absolute atomic E-state index is 13.2. The van der Waals surface area contributed by atoms with Crippen molar-refractivity contribution in [3.05, 3.63) is 84.0 Å². The van der Waals surface area contributed by atoms with Gasteiger partial charge in [-0.3, -0.25) is 24.1 Å². The summed E-state index contributed by atoms with van der Waals surface area (Å²) in [6.45, 7) is 4.86. The number of carbonyl (C=O) groups excluding carboxylic acids is 4. The highest BCUT2D eigenvalue weighted by Gasteiger charge is 2.25. The van der Waals surface area contributed by atoms with Gasteiger partial charge in [0.2, 0.25) is 11.8 Å². The molecular weight excluding hydrogens is 418 g/mol. The summed E-state index contributed by atoms with van der Waals surface area (Å²) in [5.41, 5.74) is 4.98. The third-order valence-corrected chi connectivity index (χ3v) is 5.84. The molecule has 0 aromatic heterocycles. The molecule has 1 N–H and O–H groups in total. The lowest BCUT2D eigenvalue weighted by atomic mass is 9.92. The van der Waals surface area contributed by atoms with E-state index < -0.39 is 11.8 Å². The summed E-state index contributed by atoms with van der Waals surface area (Å²) in [4.78, 5) is 51.3. The Balaban J connectivity index is 1.39. The Bertz CT molecular complexity index is 1150. The Morgan fingerprint density at radius 2 is 1.58 bits per heavy atom. The third-order valence-electron chi connectivity index (χ3n) is 5.84. The zero-order chi connectivity index (χ0) is 23.4. The molecule has 2 aromatic rings. The number of nitrogens with one attached hydrogen (secondary N) is 1. The fourth-order valence-electron chi connectivity index (χ4n) is 4.13. The number of rotatable bonds is 6. The molecule has 0 spiro atoms. The van der Waals surface area contributed by atoms with Crippen LogP contribution < -0.4 is 10.2 Å². The monoisotopic (exact) mass is 443 g/mol. The van der Waals surface area contributed by atoms with Crippen LogP contribution in [0.2, 0.25) is 0 Å². The molecule has 0 atom stereocenters. The van der Waals surface area contributed by atoms with Gasteiger partial charge >= 0.3 is 0 Å². The quantitative estimate of drug-likeness (QED) is 0.696. The summed E-state index contributed by atoms with van der Waals surface area (Å²) in [6, 6.07) is 15.8. The van der Waals surface area contributed by atoms with Crippen LogP contribution in [0.4, 0.5) is 5.69 Å². The largest absolute Gasteiger partial charge is 0.356 e. The average Bonchev–Trinajstić information content (AvgIpc) is 3.12. The Hall–Kier alpha value is -4.00. The number of benzene rings is 2. The predicted octanol–water partition coefficient (Wildman–Crippen LogP) is 2.61. The molecular formula is C26H25N3O4. The maximum Gasteiger partial charge on any atom is 0.253 e. The first-order chi connectivity index (χ1) is 15.9. The molecule has 0 saturated carbocycles. The summed E-state index contributed by atoms with van der Waals surface area (Å²) >= 11 is 0. The summed E-state index contributed by atoms with van der Waals surface area (Å²) in [6.07, 6.45) is 3.15. The summed E-state index contributed by atoms with van der Waals surface area (Å²) in [5.74, 6) is -1.24. The Kier molecular flexibility index (Phi) is 6.49. The number of fused-ring (bicyclic) bond motifs is 2. The number of imide groups is 1. The number of para-hydroxylation sites is 1. The minimum atomic E-state index is -0.415. The standard InChI is InChI=1S/C26H25N3O4/c1-18-16-19-6-3-5-9-22(19)29(17-20-7-2-4-8-21(18)20)26(33)12-14-27-23(30)13-15-28-24(31)10-11-25(28)32/h2-11H,1,12-17H2,(H,27,30). The second-order valence-electron chi connectivity index (χ2n) is 8.06. The second-order valence-corrected chi connectivity index (χ2v) is 8.06. The number of amides is 4. The molecule has 7 nitrogen and oxygen atoms in total. The number of anilines is 1. The van der Waals surface area contributed by atoms with Gasteiger partial charge in [0.25, 0.3) is 11.8 Å². The van der Waals surface area contributed by atoms with Crippen LogP contribution >= 0.6 is 0 Å². The van der Waals surface area contributed by atoms with Gasteiger partial charge in [-0.05, 0) is 34.8 Å². The summed E-state index contributed by atoms with van der Waals surface area (Å²) in [5, 5.41) is 2.71. The highest BCUT2D eigenvalue weighted by atomic mass is 16.2. The van der Waals surface area contributed by atoms with Gasteiger partial charge in [-0.1, -0.05) is 49.0 Å². The first-order valence-corrected chi connectivity index (χ1v) is 10.9. The van der Waals surface area contributed by atoms with Gasteiger partial charge in [0.1, 0.15) is 0 Å². The van der Waals surface area contributed by atoms with Crippen molar-refractivity contribution >= 4 is 34.9 Å². The molecule has 0 radical (unpaired) electrons. The van der Waals surface area contributed by atoms with Crippen LogP contribution in [0, 0.1) is 0 Å². The lowest BCUT2D eigenvalue weighted by Crippen LogP contribution is -2.37. The van der Waals surface area contributed by atoms with E-state index in [0.29, 0.717) is 13.0 Å². The van der Waals surface area contributed by atoms with Gasteiger partial charge < -0.3 is 10.2 Å². The fraction of sp³-hybridized carbons (Fsp3) is 0.231. The zero-order valence-electron chi connectivity index (χ0n) is 18.3. The molecule has 0 fully saturated rings. The fourth-order valence-corrected chi connectivity index (χ4v) is 4.13. The van der Waals surface area contributed by atoms with E-state index in [4.69, 9.17) is 0 Å². The average molecular weight is 444 g/mol. The number of nitrogens with zero attached hydrogens (tertiary/aromatic N) is 2. The molecule has 2 aliphatic rings. The predicted molar refractivity (Wildman–Crippen MR) is 125 cm³/mol. The number of hydrogen-bond acceptors (Lipinski definition) is 4. The van der Waals surface area contributed by atoms with Gasteiger partial charge in [0.15, 0.2) is 0 Å². The summed E-state index contributed by atoms with van der Waals surface area (Å²) in [7, 11) is 0. The molecule has 2 aliphatic heterocycles. The minimum absolute atomic E-state index is 0.00458. The number of allylic oxidation sites excluding steroid dienone is 1. The first kappa shape index (κ1) is 22.2. The van der Waals surface area contributed by atoms with E-state index in [0.717, 1.165) is 32.9 Å². The van der Waals surface area contributed by atoms with Crippen molar-refractivity contribution in [3.63, 3.8) is 0 Å². The first-order valence-electron chi connectivity index (χ1n) is 10.9. The van der Waals surface area contributed by atoms with Crippen molar-refractivity contribution in [1.82, 2.24) is 10.2 Å². The van der Waals surface area contributed by atoms with Crippen molar-refractivity contribution < 1.29 is 19.2 Å². The van der Waals surface area contributed by atoms with Crippen LogP contribution in [0.1, 0.15) is 29.5 Å². The Morgan fingerprint density at radius 1 is 0.909 bits per heavy atom. The SMILES string of the molecule is C=C1Cc2ccccc2N(C(=O)CCNC(=O)CCN2C(=O)C=CC2=O)Cc2ccccc21. The van der Waals surface area contributed by atoms with E-state index in [1.807, 2.05) is 48.5 Å². The molecule has 0 saturated heterocycles. The molecule has 0 unspecified atom stereocenters. The normalized spacial score (nSPS) is 15.1. The van der Waals surface area contributed by atoms with E-state index in [2.05, 4.69) is 11.9 Å². The molecule has 4 amide bonds. The molecule has 2 heterocycles. The Labute approximate surface area is 192 Å². The highest BCUT2D eigenvalue weighted by molar-refractivity contribution is 6.13. The van der Waals surface area contributed by atoms with E-state index in [1.165, 1.54) is 12.2 Å². The van der Waals surface area contributed by atoms with Crippen molar-refractivity contribution in [3.8, 4) is 0 Å². The van der Waals surface area contributed by atoms with E-state index in [9.17, 15) is 19.2 Å². The molecule has 2 aromatic carbocycles. The molecule has 0 aliphatic carbocycles. The maximum atomic E-state index is 13.2. The van der Waals surface area contributed by atoms with E-state index >= 15 is 0 Å². The molecule has 0 bridgehead atoms. The molecule has 4 rings (SSSR count). The summed E-state index contributed by atoms with van der Waals surface area (Å²) < 4.78 is 0. The van der Waals surface area contributed by atoms with Gasteiger partial charge in [-0.25, -0.2) is 0 Å². The lowest BCUT2D eigenvalue weighted by molar-refractivity contribution is -0.137. The third kappa shape index (κ3) is 4.92. The van der Waals surface area contributed by atoms with Gasteiger partial charge in [-0.15, -0.1) is 0 Å². The minimum Gasteiger partial charge on any atom is -0.356 e. The van der Waals surface area contributed by atoms with Crippen molar-refractivity contribution in [2.24, 2.45) is 0 Å². The van der Waals surface area contributed by atoms with Crippen LogP contribution in [-0.2, 0) is 32.1 Å². The van der Waals surface area contributed by atoms with Crippen molar-refractivity contribution in [2.75, 3.05) is 18.0 Å². The lowest BCUT2D eigenvalue weighted by Gasteiger charge is -2.29. The molecule has 168 valence electrons. The topological polar surface area (TPSA) is 86.8 Å². The smallest absolute Gasteiger partial charge is 0.253 e.